The predicted molar refractivity (Wildman–Crippen MR) is 111 cm³/mol. The summed E-state index contributed by atoms with van der Waals surface area (Å²) in [5.74, 6) is 0.0263. The number of ether oxygens (including phenoxy) is 2. The van der Waals surface area contributed by atoms with Gasteiger partial charge in [0, 0.05) is 33.3 Å². The number of amides is 2. The van der Waals surface area contributed by atoms with E-state index in [-0.39, 0.29) is 36.8 Å². The molecule has 2 rings (SSSR count). The Bertz CT molecular complexity index is 734. The summed E-state index contributed by atoms with van der Waals surface area (Å²) in [4.78, 5) is 27.4. The number of hydrogen-bond acceptors (Lipinski definition) is 5. The molecule has 0 saturated heterocycles. The predicted octanol–water partition coefficient (Wildman–Crippen LogP) is 3.69. The largest absolute Gasteiger partial charge is 0.416 e. The number of alkyl halides is 3. The van der Waals surface area contributed by atoms with Crippen molar-refractivity contribution in [3.63, 3.8) is 0 Å². The van der Waals surface area contributed by atoms with Crippen molar-refractivity contribution >= 4 is 12.0 Å². The molecule has 10 heteroatoms. The maximum absolute atomic E-state index is 12.6. The van der Waals surface area contributed by atoms with Crippen LogP contribution in [0.25, 0.3) is 0 Å². The first-order valence-corrected chi connectivity index (χ1v) is 10.7. The quantitative estimate of drug-likeness (QED) is 0.608. The van der Waals surface area contributed by atoms with E-state index in [0.29, 0.717) is 32.4 Å². The lowest BCUT2D eigenvalue weighted by molar-refractivity contribution is -0.137. The minimum absolute atomic E-state index is 0.0149. The zero-order chi connectivity index (χ0) is 23.7. The molecule has 1 aromatic rings. The van der Waals surface area contributed by atoms with Crippen molar-refractivity contribution < 1.29 is 37.3 Å². The van der Waals surface area contributed by atoms with E-state index in [2.05, 4.69) is 0 Å². The van der Waals surface area contributed by atoms with E-state index < -0.39 is 17.8 Å². The van der Waals surface area contributed by atoms with Gasteiger partial charge in [-0.25, -0.2) is 4.79 Å². The number of hydrogen-bond donors (Lipinski definition) is 1. The second-order valence-electron chi connectivity index (χ2n) is 7.94. The molecule has 7 nitrogen and oxygen atoms in total. The van der Waals surface area contributed by atoms with Crippen molar-refractivity contribution in [3.8, 4) is 5.75 Å². The number of carbonyl (C=O) groups is 2. The van der Waals surface area contributed by atoms with E-state index in [1.807, 2.05) is 0 Å². The Morgan fingerprint density at radius 3 is 2.28 bits per heavy atom. The standard InChI is InChI=1S/C22H31F3N2O5/c1-26(13-3-14-28)20(29)12-15-31-18-10-6-17(7-11-18)27(2)21(30)32-19-8-4-16(5-9-19)22(23,24)25/h4-5,8-9,17-18,28H,3,6-7,10-15H2,1-2H3/t17-,18-. The molecule has 1 aliphatic carbocycles. The van der Waals surface area contributed by atoms with Crippen molar-refractivity contribution in [2.75, 3.05) is 33.9 Å². The first-order valence-electron chi connectivity index (χ1n) is 10.7. The van der Waals surface area contributed by atoms with Crippen LogP contribution in [0.1, 0.15) is 44.1 Å². The highest BCUT2D eigenvalue weighted by Crippen LogP contribution is 2.30. The van der Waals surface area contributed by atoms with Crippen LogP contribution in [0, 0.1) is 0 Å². The van der Waals surface area contributed by atoms with Gasteiger partial charge in [-0.05, 0) is 56.4 Å². The minimum atomic E-state index is -4.44. The zero-order valence-corrected chi connectivity index (χ0v) is 18.4. The topological polar surface area (TPSA) is 79.3 Å². The van der Waals surface area contributed by atoms with Crippen molar-refractivity contribution in [1.82, 2.24) is 9.80 Å². The molecule has 0 unspecified atom stereocenters. The molecule has 0 atom stereocenters. The van der Waals surface area contributed by atoms with Gasteiger partial charge < -0.3 is 24.4 Å². The molecule has 0 spiro atoms. The SMILES string of the molecule is CN(CCCO)C(=O)CCO[C@H]1CC[C@H](N(C)C(=O)Oc2ccc(C(F)(F)F)cc2)CC1. The molecule has 0 radical (unpaired) electrons. The molecule has 0 aromatic heterocycles. The lowest BCUT2D eigenvalue weighted by Crippen LogP contribution is -2.42. The Balaban J connectivity index is 1.71. The smallest absolute Gasteiger partial charge is 0.410 e. The number of nitrogens with zero attached hydrogens (tertiary/aromatic N) is 2. The summed E-state index contributed by atoms with van der Waals surface area (Å²) >= 11 is 0. The van der Waals surface area contributed by atoms with Crippen LogP contribution in [0.4, 0.5) is 18.0 Å². The highest BCUT2D eigenvalue weighted by atomic mass is 19.4. The summed E-state index contributed by atoms with van der Waals surface area (Å²) < 4.78 is 48.9. The number of carbonyl (C=O) groups excluding carboxylic acids is 2. The summed E-state index contributed by atoms with van der Waals surface area (Å²) in [6.07, 6.45) is -1.35. The number of halogens is 3. The molecule has 0 bridgehead atoms. The fraction of sp³-hybridized carbons (Fsp3) is 0.636. The molecule has 180 valence electrons. The van der Waals surface area contributed by atoms with Gasteiger partial charge in [-0.1, -0.05) is 0 Å². The van der Waals surface area contributed by atoms with Gasteiger partial charge in [-0.3, -0.25) is 4.79 Å². The van der Waals surface area contributed by atoms with Crippen LogP contribution in [-0.4, -0.2) is 72.9 Å². The molecule has 0 heterocycles. The van der Waals surface area contributed by atoms with Crippen molar-refractivity contribution in [1.29, 1.82) is 0 Å². The Morgan fingerprint density at radius 2 is 1.72 bits per heavy atom. The first kappa shape index (κ1) is 25.9. The molecule has 32 heavy (non-hydrogen) atoms. The Hall–Kier alpha value is -2.33. The molecular weight excluding hydrogens is 429 g/mol. The fourth-order valence-corrected chi connectivity index (χ4v) is 3.57. The molecule has 1 N–H and O–H groups in total. The normalized spacial score (nSPS) is 18.8. The van der Waals surface area contributed by atoms with Gasteiger partial charge in [0.1, 0.15) is 5.75 Å². The van der Waals surface area contributed by atoms with E-state index in [0.717, 1.165) is 37.1 Å². The monoisotopic (exact) mass is 460 g/mol. The molecule has 2 amide bonds. The molecule has 0 aliphatic heterocycles. The van der Waals surface area contributed by atoms with Crippen molar-refractivity contribution in [2.45, 2.75) is 56.8 Å². The van der Waals surface area contributed by atoms with Crippen LogP contribution in [-0.2, 0) is 15.7 Å². The average Bonchev–Trinajstić information content (AvgIpc) is 2.77. The molecule has 1 fully saturated rings. The Kier molecular flexibility index (Phi) is 9.77. The van der Waals surface area contributed by atoms with Gasteiger partial charge >= 0.3 is 12.3 Å². The van der Waals surface area contributed by atoms with Crippen molar-refractivity contribution in [2.24, 2.45) is 0 Å². The third kappa shape index (κ3) is 7.98. The summed E-state index contributed by atoms with van der Waals surface area (Å²) in [7, 11) is 3.31. The van der Waals surface area contributed by atoms with Gasteiger partial charge in [0.25, 0.3) is 0 Å². The number of aliphatic hydroxyl groups excluding tert-OH is 1. The lowest BCUT2D eigenvalue weighted by Gasteiger charge is -2.34. The second kappa shape index (κ2) is 12.1. The third-order valence-electron chi connectivity index (χ3n) is 5.61. The average molecular weight is 460 g/mol. The maximum atomic E-state index is 12.6. The van der Waals surface area contributed by atoms with Gasteiger partial charge in [-0.2, -0.15) is 13.2 Å². The number of benzene rings is 1. The van der Waals surface area contributed by atoms with Gasteiger partial charge in [0.15, 0.2) is 0 Å². The van der Waals surface area contributed by atoms with E-state index in [1.165, 1.54) is 4.90 Å². The molecular formula is C22H31F3N2O5. The Labute approximate surface area is 186 Å². The van der Waals surface area contributed by atoms with Crippen LogP contribution < -0.4 is 4.74 Å². The highest BCUT2D eigenvalue weighted by molar-refractivity contribution is 5.75. The molecule has 1 aromatic carbocycles. The van der Waals surface area contributed by atoms with Gasteiger partial charge in [0.05, 0.1) is 24.7 Å². The van der Waals surface area contributed by atoms with Gasteiger partial charge in [-0.15, -0.1) is 0 Å². The zero-order valence-electron chi connectivity index (χ0n) is 18.4. The number of rotatable bonds is 9. The van der Waals surface area contributed by atoms with Gasteiger partial charge in [0.2, 0.25) is 5.91 Å². The van der Waals surface area contributed by atoms with Crippen LogP contribution >= 0.6 is 0 Å². The second-order valence-corrected chi connectivity index (χ2v) is 7.94. The van der Waals surface area contributed by atoms with Crippen LogP contribution in [0.3, 0.4) is 0 Å². The van der Waals surface area contributed by atoms with E-state index in [9.17, 15) is 22.8 Å². The summed E-state index contributed by atoms with van der Waals surface area (Å²) in [5, 5.41) is 8.82. The third-order valence-corrected chi connectivity index (χ3v) is 5.61. The lowest BCUT2D eigenvalue weighted by atomic mass is 9.92. The summed E-state index contributed by atoms with van der Waals surface area (Å²) in [6.45, 7) is 0.877. The van der Waals surface area contributed by atoms with Crippen LogP contribution in [0.5, 0.6) is 5.75 Å². The fourth-order valence-electron chi connectivity index (χ4n) is 3.57. The molecule has 1 saturated carbocycles. The Morgan fingerprint density at radius 1 is 1.09 bits per heavy atom. The first-order chi connectivity index (χ1) is 15.1. The molecule has 1 aliphatic rings. The van der Waals surface area contributed by atoms with E-state index in [4.69, 9.17) is 14.6 Å². The highest BCUT2D eigenvalue weighted by Gasteiger charge is 2.31. The number of aliphatic hydroxyl groups is 1. The maximum Gasteiger partial charge on any atom is 0.416 e. The van der Waals surface area contributed by atoms with E-state index in [1.54, 1.807) is 19.0 Å². The minimum Gasteiger partial charge on any atom is -0.410 e. The van der Waals surface area contributed by atoms with Crippen LogP contribution in [0.2, 0.25) is 0 Å². The van der Waals surface area contributed by atoms with E-state index >= 15 is 0 Å². The summed E-state index contributed by atoms with van der Waals surface area (Å²) in [5.41, 5.74) is -0.803. The summed E-state index contributed by atoms with van der Waals surface area (Å²) in [6, 6.07) is 3.95. The van der Waals surface area contributed by atoms with Crippen LogP contribution in [0.15, 0.2) is 24.3 Å². The van der Waals surface area contributed by atoms with Crippen molar-refractivity contribution in [3.05, 3.63) is 29.8 Å².